The van der Waals surface area contributed by atoms with Crippen LogP contribution in [0.5, 0.6) is 0 Å². The summed E-state index contributed by atoms with van der Waals surface area (Å²) in [6, 6.07) is -0.307. The highest BCUT2D eigenvalue weighted by atomic mass is 32.2. The number of aliphatic hydroxyl groups excluding tert-OH is 1. The lowest BCUT2D eigenvalue weighted by Gasteiger charge is -2.49. The number of thioether (sulfide) groups is 1. The Bertz CT molecular complexity index is 631. The highest BCUT2D eigenvalue weighted by Gasteiger charge is 2.64. The second-order valence-electron chi connectivity index (χ2n) is 7.28. The first-order chi connectivity index (χ1) is 11.2. The zero-order valence-electron chi connectivity index (χ0n) is 14.0. The van der Waals surface area contributed by atoms with Crippen LogP contribution in [0.2, 0.25) is 0 Å². The summed E-state index contributed by atoms with van der Waals surface area (Å²) in [5.41, 5.74) is -0.434. The number of rotatable bonds is 5. The number of aliphatic hydroxyl groups is 1. The van der Waals surface area contributed by atoms with Crippen LogP contribution in [0.3, 0.4) is 0 Å². The van der Waals surface area contributed by atoms with Gasteiger partial charge in [0, 0.05) is 28.7 Å². The molecule has 0 aromatic heterocycles. The molecule has 0 spiro atoms. The third kappa shape index (κ3) is 2.35. The largest absolute Gasteiger partial charge is 0.477 e. The predicted molar refractivity (Wildman–Crippen MR) is 90.6 cm³/mol. The van der Waals surface area contributed by atoms with Gasteiger partial charge in [0.25, 0.3) is 0 Å². The minimum atomic E-state index is -1.09. The third-order valence-electron chi connectivity index (χ3n) is 5.29. The average molecular weight is 353 g/mol. The molecule has 1 amide bonds. The lowest BCUT2D eigenvalue weighted by atomic mass is 9.71. The van der Waals surface area contributed by atoms with Gasteiger partial charge in [-0.05, 0) is 13.3 Å². The van der Waals surface area contributed by atoms with Crippen LogP contribution in [-0.2, 0) is 9.59 Å². The third-order valence-corrected chi connectivity index (χ3v) is 6.96. The van der Waals surface area contributed by atoms with E-state index in [0.29, 0.717) is 11.4 Å². The average Bonchev–Trinajstić information content (AvgIpc) is 3.00. The van der Waals surface area contributed by atoms with E-state index in [2.05, 4.69) is 0 Å². The molecule has 2 fully saturated rings. The Morgan fingerprint density at radius 1 is 1.50 bits per heavy atom. The van der Waals surface area contributed by atoms with Crippen molar-refractivity contribution in [3.05, 3.63) is 10.6 Å². The fourth-order valence-corrected chi connectivity index (χ4v) is 5.64. The van der Waals surface area contributed by atoms with E-state index in [1.165, 1.54) is 23.0 Å². The number of hydrogen-bond donors (Lipinski definition) is 3. The Hall–Kier alpha value is -1.54. The van der Waals surface area contributed by atoms with E-state index in [-0.39, 0.29) is 22.9 Å². The first-order valence-corrected chi connectivity index (χ1v) is 8.98. The van der Waals surface area contributed by atoms with E-state index in [0.717, 1.165) is 13.0 Å². The molecule has 0 aromatic carbocycles. The molecule has 0 aromatic rings. The zero-order valence-corrected chi connectivity index (χ0v) is 14.8. The fraction of sp³-hybridized carbons (Fsp3) is 0.688. The van der Waals surface area contributed by atoms with Gasteiger partial charge in [0.1, 0.15) is 5.70 Å². The molecule has 4 atom stereocenters. The van der Waals surface area contributed by atoms with Gasteiger partial charge in [-0.25, -0.2) is 4.79 Å². The zero-order chi connectivity index (χ0) is 17.8. The van der Waals surface area contributed by atoms with E-state index < -0.39 is 23.4 Å². The summed E-state index contributed by atoms with van der Waals surface area (Å²) in [6.45, 7) is 6.99. The maximum atomic E-state index is 12.4. The van der Waals surface area contributed by atoms with E-state index in [9.17, 15) is 19.8 Å². The van der Waals surface area contributed by atoms with Gasteiger partial charge in [-0.15, -0.1) is 11.8 Å². The number of carboxylic acid groups (broad SMARTS) is 1. The van der Waals surface area contributed by atoms with Crippen LogP contribution in [-0.4, -0.2) is 68.7 Å². The monoisotopic (exact) mass is 353 g/mol. The molecule has 0 radical (unpaired) electrons. The van der Waals surface area contributed by atoms with Crippen molar-refractivity contribution in [2.24, 2.45) is 11.3 Å². The molecule has 24 heavy (non-hydrogen) atoms. The van der Waals surface area contributed by atoms with Gasteiger partial charge in [-0.2, -0.15) is 0 Å². The van der Waals surface area contributed by atoms with Crippen molar-refractivity contribution in [3.63, 3.8) is 0 Å². The first kappa shape index (κ1) is 17.3. The van der Waals surface area contributed by atoms with Crippen LogP contribution in [0, 0.1) is 16.7 Å². The molecule has 0 bridgehead atoms. The van der Waals surface area contributed by atoms with E-state index in [4.69, 9.17) is 5.41 Å². The molecule has 132 valence electrons. The maximum Gasteiger partial charge on any atom is 0.353 e. The molecule has 2 saturated heterocycles. The SMILES string of the molecule is CC(O)C1C(=O)N2C(C(=O)O)=C(SC3CCN(C=N)C3)C(C)(C)[C@H]12. The molecule has 0 aliphatic carbocycles. The number of nitrogens with zero attached hydrogens (tertiary/aromatic N) is 2. The van der Waals surface area contributed by atoms with Crippen LogP contribution < -0.4 is 0 Å². The molecule has 7 nitrogen and oxygen atoms in total. The maximum absolute atomic E-state index is 12.4. The Labute approximate surface area is 145 Å². The van der Waals surface area contributed by atoms with Gasteiger partial charge < -0.3 is 20.0 Å². The standard InChI is InChI=1S/C16H23N3O4S/c1-8(20)10-12-16(2,3)13(11(15(22)23)19(12)14(10)21)24-9-4-5-18(6-9)7-17/h7-10,12,17,20H,4-6H2,1-3H3,(H,22,23)/t8?,9?,10?,12-/m0/s1. The van der Waals surface area contributed by atoms with Crippen molar-refractivity contribution in [2.75, 3.05) is 13.1 Å². The molecule has 3 N–H and O–H groups in total. The van der Waals surface area contributed by atoms with Crippen molar-refractivity contribution >= 4 is 30.0 Å². The molecule has 0 saturated carbocycles. The van der Waals surface area contributed by atoms with Crippen molar-refractivity contribution in [1.29, 1.82) is 5.41 Å². The normalized spacial score (nSPS) is 32.7. The molecule has 3 aliphatic heterocycles. The second kappa shape index (κ2) is 5.77. The van der Waals surface area contributed by atoms with Crippen molar-refractivity contribution < 1.29 is 19.8 Å². The minimum Gasteiger partial charge on any atom is -0.477 e. The van der Waals surface area contributed by atoms with Gasteiger partial charge in [0.05, 0.1) is 24.4 Å². The number of nitrogens with one attached hydrogen (secondary N) is 1. The Morgan fingerprint density at radius 2 is 2.17 bits per heavy atom. The van der Waals surface area contributed by atoms with Gasteiger partial charge >= 0.3 is 5.97 Å². The fourth-order valence-electron chi connectivity index (χ4n) is 4.09. The minimum absolute atomic E-state index is 0.0743. The lowest BCUT2D eigenvalue weighted by molar-refractivity contribution is -0.166. The van der Waals surface area contributed by atoms with E-state index in [1.54, 1.807) is 6.92 Å². The number of amides is 1. The summed E-state index contributed by atoms with van der Waals surface area (Å²) in [4.78, 5) is 28.2. The first-order valence-electron chi connectivity index (χ1n) is 8.10. The molecule has 8 heteroatoms. The molecule has 3 heterocycles. The Morgan fingerprint density at radius 3 is 2.67 bits per heavy atom. The summed E-state index contributed by atoms with van der Waals surface area (Å²) in [5.74, 6) is -1.94. The predicted octanol–water partition coefficient (Wildman–Crippen LogP) is 0.945. The van der Waals surface area contributed by atoms with Crippen LogP contribution >= 0.6 is 11.8 Å². The quantitative estimate of drug-likeness (QED) is 0.386. The number of likely N-dealkylation sites (tertiary alicyclic amines) is 1. The van der Waals surface area contributed by atoms with Crippen LogP contribution in [0.4, 0.5) is 0 Å². The van der Waals surface area contributed by atoms with Crippen LogP contribution in [0.1, 0.15) is 27.2 Å². The summed E-state index contributed by atoms with van der Waals surface area (Å²) < 4.78 is 0. The highest BCUT2D eigenvalue weighted by Crippen LogP contribution is 2.58. The summed E-state index contributed by atoms with van der Waals surface area (Å²) in [7, 11) is 0. The van der Waals surface area contributed by atoms with Crippen LogP contribution in [0.15, 0.2) is 10.6 Å². The molecular weight excluding hydrogens is 330 g/mol. The lowest BCUT2D eigenvalue weighted by Crippen LogP contribution is -2.65. The van der Waals surface area contributed by atoms with Gasteiger partial charge in [0.2, 0.25) is 5.91 Å². The molecule has 3 aliphatic rings. The Balaban J connectivity index is 1.92. The number of carboxylic acids is 1. The summed E-state index contributed by atoms with van der Waals surface area (Å²) in [5, 5.41) is 27.2. The molecular formula is C16H23N3O4S. The number of aliphatic carboxylic acids is 1. The van der Waals surface area contributed by atoms with Crippen molar-refractivity contribution in [1.82, 2.24) is 9.80 Å². The Kier molecular flexibility index (Phi) is 4.16. The van der Waals surface area contributed by atoms with Gasteiger partial charge in [-0.1, -0.05) is 13.8 Å². The van der Waals surface area contributed by atoms with Gasteiger partial charge in [0.15, 0.2) is 0 Å². The van der Waals surface area contributed by atoms with Crippen molar-refractivity contribution in [3.8, 4) is 0 Å². The van der Waals surface area contributed by atoms with E-state index in [1.807, 2.05) is 18.7 Å². The highest BCUT2D eigenvalue weighted by molar-refractivity contribution is 8.03. The topological polar surface area (TPSA) is 105 Å². The second-order valence-corrected chi connectivity index (χ2v) is 8.59. The summed E-state index contributed by atoms with van der Waals surface area (Å²) >= 11 is 1.52. The number of carbonyl (C=O) groups excluding carboxylic acids is 1. The molecule has 3 rings (SSSR count). The summed E-state index contributed by atoms with van der Waals surface area (Å²) in [6.07, 6.45) is 1.40. The number of fused-ring (bicyclic) bond motifs is 1. The molecule has 3 unspecified atom stereocenters. The van der Waals surface area contributed by atoms with Crippen LogP contribution in [0.25, 0.3) is 0 Å². The van der Waals surface area contributed by atoms with Crippen molar-refractivity contribution in [2.45, 2.75) is 44.6 Å². The van der Waals surface area contributed by atoms with E-state index >= 15 is 0 Å². The smallest absolute Gasteiger partial charge is 0.353 e. The number of hydrogen-bond acceptors (Lipinski definition) is 5. The van der Waals surface area contributed by atoms with Gasteiger partial charge in [-0.3, -0.25) is 10.2 Å². The number of β-lactam (4-membered cyclic amide) rings is 1. The number of carbonyl (C=O) groups is 2.